The van der Waals surface area contributed by atoms with Crippen LogP contribution in [-0.2, 0) is 19.5 Å². The maximum absolute atomic E-state index is 14.0. The smallest absolute Gasteiger partial charge is 0.254 e. The molecule has 0 unspecified atom stereocenters. The Kier molecular flexibility index (Phi) is 4.68. The molecule has 0 radical (unpaired) electrons. The Balaban J connectivity index is 1.65. The van der Waals surface area contributed by atoms with Gasteiger partial charge in [0.05, 0.1) is 5.69 Å². The second kappa shape index (κ2) is 7.16. The summed E-state index contributed by atoms with van der Waals surface area (Å²) in [5, 5.41) is 0. The first kappa shape index (κ1) is 18.3. The molecule has 0 bridgehead atoms. The standard InChI is InChI=1S/C19H14F4N4O/c20-13-6-14(21)17(23)12(16(13)22)8-27-5-3-11-15(9-27)25-18(26-19(11)28)10-2-1-4-24-7-10/h1-2,4,6-7H,3,5,8-9H2,(H,25,26,28). The van der Waals surface area contributed by atoms with Gasteiger partial charge in [0.15, 0.2) is 23.3 Å². The summed E-state index contributed by atoms with van der Waals surface area (Å²) < 4.78 is 54.8. The van der Waals surface area contributed by atoms with Crippen molar-refractivity contribution in [3.8, 4) is 11.4 Å². The van der Waals surface area contributed by atoms with E-state index in [1.807, 2.05) is 0 Å². The fourth-order valence-electron chi connectivity index (χ4n) is 3.25. The normalized spacial score (nSPS) is 14.1. The number of benzene rings is 1. The molecule has 5 nitrogen and oxygen atoms in total. The van der Waals surface area contributed by atoms with E-state index < -0.39 is 28.8 Å². The number of nitrogens with one attached hydrogen (secondary N) is 1. The highest BCUT2D eigenvalue weighted by atomic mass is 19.2. The summed E-state index contributed by atoms with van der Waals surface area (Å²) in [6.07, 6.45) is 3.43. The third-order valence-electron chi connectivity index (χ3n) is 4.67. The van der Waals surface area contributed by atoms with Gasteiger partial charge >= 0.3 is 0 Å². The van der Waals surface area contributed by atoms with Crippen molar-refractivity contribution in [1.82, 2.24) is 19.9 Å². The molecule has 0 spiro atoms. The predicted octanol–water partition coefficient (Wildman–Crippen LogP) is 2.95. The lowest BCUT2D eigenvalue weighted by Gasteiger charge is -2.28. The van der Waals surface area contributed by atoms with Gasteiger partial charge in [-0.05, 0) is 18.6 Å². The van der Waals surface area contributed by atoms with Crippen LogP contribution >= 0.6 is 0 Å². The number of pyridine rings is 1. The van der Waals surface area contributed by atoms with Crippen LogP contribution in [-0.4, -0.2) is 26.4 Å². The second-order valence-corrected chi connectivity index (χ2v) is 6.49. The average Bonchev–Trinajstić information content (AvgIpc) is 2.70. The van der Waals surface area contributed by atoms with E-state index >= 15 is 0 Å². The Morgan fingerprint density at radius 2 is 1.89 bits per heavy atom. The fraction of sp³-hybridized carbons (Fsp3) is 0.211. The van der Waals surface area contributed by atoms with Crippen molar-refractivity contribution in [2.75, 3.05) is 6.54 Å². The van der Waals surface area contributed by atoms with Gasteiger partial charge in [-0.1, -0.05) is 0 Å². The van der Waals surface area contributed by atoms with Gasteiger partial charge in [0.2, 0.25) is 0 Å². The lowest BCUT2D eigenvalue weighted by Crippen LogP contribution is -2.35. The van der Waals surface area contributed by atoms with Gasteiger partial charge < -0.3 is 4.98 Å². The molecule has 3 heterocycles. The summed E-state index contributed by atoms with van der Waals surface area (Å²) in [5.74, 6) is -5.40. The maximum Gasteiger partial charge on any atom is 0.254 e. The molecule has 0 amide bonds. The van der Waals surface area contributed by atoms with E-state index in [2.05, 4.69) is 15.0 Å². The molecule has 144 valence electrons. The van der Waals surface area contributed by atoms with Gasteiger partial charge in [0, 0.05) is 54.8 Å². The van der Waals surface area contributed by atoms with E-state index in [1.165, 1.54) is 0 Å². The first-order valence-corrected chi connectivity index (χ1v) is 8.50. The summed E-state index contributed by atoms with van der Waals surface area (Å²) in [7, 11) is 0. The Labute approximate surface area is 156 Å². The summed E-state index contributed by atoms with van der Waals surface area (Å²) in [4.78, 5) is 25.1. The number of nitrogens with zero attached hydrogens (tertiary/aromatic N) is 3. The van der Waals surface area contributed by atoms with Crippen molar-refractivity contribution in [2.24, 2.45) is 0 Å². The van der Waals surface area contributed by atoms with Crippen LogP contribution in [0.25, 0.3) is 11.4 Å². The minimum absolute atomic E-state index is 0.115. The third kappa shape index (κ3) is 3.29. The number of fused-ring (bicyclic) bond motifs is 1. The van der Waals surface area contributed by atoms with Crippen molar-refractivity contribution in [3.05, 3.63) is 81.0 Å². The van der Waals surface area contributed by atoms with Crippen LogP contribution in [0.4, 0.5) is 17.6 Å². The average molecular weight is 390 g/mol. The lowest BCUT2D eigenvalue weighted by atomic mass is 10.0. The summed E-state index contributed by atoms with van der Waals surface area (Å²) >= 11 is 0. The van der Waals surface area contributed by atoms with Gasteiger partial charge in [-0.3, -0.25) is 14.7 Å². The quantitative estimate of drug-likeness (QED) is 0.552. The zero-order chi connectivity index (χ0) is 19.8. The van der Waals surface area contributed by atoms with Crippen LogP contribution in [0.15, 0.2) is 35.4 Å². The topological polar surface area (TPSA) is 61.9 Å². The van der Waals surface area contributed by atoms with Crippen LogP contribution < -0.4 is 5.56 Å². The molecular weight excluding hydrogens is 376 g/mol. The third-order valence-corrected chi connectivity index (χ3v) is 4.67. The molecule has 1 aliphatic rings. The number of halogens is 4. The Hall–Kier alpha value is -3.07. The van der Waals surface area contributed by atoms with E-state index in [0.717, 1.165) is 0 Å². The molecule has 1 N–H and O–H groups in total. The molecule has 0 fully saturated rings. The minimum Gasteiger partial charge on any atom is -0.306 e. The molecule has 0 aliphatic carbocycles. The molecule has 3 aromatic rings. The molecular formula is C19H14F4N4O. The van der Waals surface area contributed by atoms with E-state index in [9.17, 15) is 22.4 Å². The van der Waals surface area contributed by atoms with E-state index in [4.69, 9.17) is 0 Å². The number of aromatic amines is 1. The lowest BCUT2D eigenvalue weighted by molar-refractivity contribution is 0.231. The van der Waals surface area contributed by atoms with Crippen LogP contribution in [0.3, 0.4) is 0 Å². The van der Waals surface area contributed by atoms with Crippen molar-refractivity contribution in [2.45, 2.75) is 19.5 Å². The van der Waals surface area contributed by atoms with Gasteiger partial charge in [-0.25, -0.2) is 22.5 Å². The molecule has 0 saturated carbocycles. The van der Waals surface area contributed by atoms with Crippen molar-refractivity contribution >= 4 is 0 Å². The molecule has 9 heteroatoms. The highest BCUT2D eigenvalue weighted by Gasteiger charge is 2.25. The highest BCUT2D eigenvalue weighted by molar-refractivity contribution is 5.53. The molecule has 2 aromatic heterocycles. The maximum atomic E-state index is 14.0. The number of hydrogen-bond donors (Lipinski definition) is 1. The molecule has 1 aliphatic heterocycles. The second-order valence-electron chi connectivity index (χ2n) is 6.49. The zero-order valence-corrected chi connectivity index (χ0v) is 14.5. The monoisotopic (exact) mass is 390 g/mol. The first-order chi connectivity index (χ1) is 13.4. The molecule has 1 aromatic carbocycles. The van der Waals surface area contributed by atoms with E-state index in [0.29, 0.717) is 35.6 Å². The molecule has 0 atom stereocenters. The van der Waals surface area contributed by atoms with Crippen LogP contribution in [0.1, 0.15) is 16.8 Å². The van der Waals surface area contributed by atoms with Crippen LogP contribution in [0.2, 0.25) is 0 Å². The molecule has 4 rings (SSSR count). The largest absolute Gasteiger partial charge is 0.306 e. The number of hydrogen-bond acceptors (Lipinski definition) is 4. The van der Waals surface area contributed by atoms with Crippen LogP contribution in [0, 0.1) is 23.3 Å². The SMILES string of the molecule is O=c1[nH]c(-c2cccnc2)nc2c1CCN(Cc1c(F)c(F)cc(F)c1F)C2. The highest BCUT2D eigenvalue weighted by Crippen LogP contribution is 2.24. The summed E-state index contributed by atoms with van der Waals surface area (Å²) in [6.45, 7) is 0.0625. The molecule has 28 heavy (non-hydrogen) atoms. The van der Waals surface area contributed by atoms with Gasteiger partial charge in [0.25, 0.3) is 5.56 Å². The van der Waals surface area contributed by atoms with Gasteiger partial charge in [-0.2, -0.15) is 0 Å². The van der Waals surface area contributed by atoms with E-state index in [1.54, 1.807) is 29.4 Å². The van der Waals surface area contributed by atoms with Crippen LogP contribution in [0.5, 0.6) is 0 Å². The number of H-pyrrole nitrogens is 1. The Morgan fingerprint density at radius 3 is 2.57 bits per heavy atom. The van der Waals surface area contributed by atoms with E-state index in [-0.39, 0.29) is 24.7 Å². The number of aromatic nitrogens is 3. The first-order valence-electron chi connectivity index (χ1n) is 8.50. The van der Waals surface area contributed by atoms with Crippen molar-refractivity contribution in [1.29, 1.82) is 0 Å². The summed E-state index contributed by atoms with van der Waals surface area (Å²) in [6, 6.07) is 3.62. The minimum atomic E-state index is -1.44. The van der Waals surface area contributed by atoms with Crippen molar-refractivity contribution < 1.29 is 17.6 Å². The zero-order valence-electron chi connectivity index (χ0n) is 14.5. The number of rotatable bonds is 3. The van der Waals surface area contributed by atoms with Gasteiger partial charge in [0.1, 0.15) is 5.82 Å². The predicted molar refractivity (Wildman–Crippen MR) is 92.2 cm³/mol. The fourth-order valence-corrected chi connectivity index (χ4v) is 3.25. The Morgan fingerprint density at radius 1 is 1.14 bits per heavy atom. The van der Waals surface area contributed by atoms with Crippen molar-refractivity contribution in [3.63, 3.8) is 0 Å². The molecule has 0 saturated heterocycles. The summed E-state index contributed by atoms with van der Waals surface area (Å²) in [5.41, 5.74) is 0.571. The van der Waals surface area contributed by atoms with Gasteiger partial charge in [-0.15, -0.1) is 0 Å². The Bertz CT molecular complexity index is 1080.